The predicted octanol–water partition coefficient (Wildman–Crippen LogP) is 0.0913. The number of esters is 1. The van der Waals surface area contributed by atoms with Gasteiger partial charge in [-0.3, -0.25) is 33.7 Å². The van der Waals surface area contributed by atoms with Gasteiger partial charge in [0.25, 0.3) is 0 Å². The largest absolute Gasteiger partial charge is 0.507 e. The van der Waals surface area contributed by atoms with Gasteiger partial charge >= 0.3 is 5.97 Å². The van der Waals surface area contributed by atoms with E-state index in [1.807, 2.05) is 0 Å². The van der Waals surface area contributed by atoms with Crippen molar-refractivity contribution < 1.29 is 68.1 Å². The van der Waals surface area contributed by atoms with Crippen LogP contribution in [0.5, 0.6) is 17.2 Å². The molecule has 16 heteroatoms. The van der Waals surface area contributed by atoms with Gasteiger partial charge < -0.3 is 45.1 Å². The molecule has 2 saturated heterocycles. The van der Waals surface area contributed by atoms with E-state index in [1.165, 1.54) is 32.2 Å². The van der Waals surface area contributed by atoms with Crippen molar-refractivity contribution in [2.75, 3.05) is 20.3 Å². The molecule has 0 spiro atoms. The van der Waals surface area contributed by atoms with Crippen molar-refractivity contribution in [3.8, 4) is 17.2 Å². The molecule has 2 aliphatic heterocycles. The summed E-state index contributed by atoms with van der Waals surface area (Å²) >= 11 is 0. The fourth-order valence-electron chi connectivity index (χ4n) is 7.28. The maximum absolute atomic E-state index is 13.9. The van der Waals surface area contributed by atoms with Gasteiger partial charge in [0.2, 0.25) is 23.4 Å². The lowest BCUT2D eigenvalue weighted by Crippen LogP contribution is -2.59. The van der Waals surface area contributed by atoms with Crippen molar-refractivity contribution in [3.63, 3.8) is 0 Å². The Morgan fingerprint density at radius 3 is 2.38 bits per heavy atom. The summed E-state index contributed by atoms with van der Waals surface area (Å²) in [5, 5.41) is 46.2. The molecule has 4 aliphatic rings. The van der Waals surface area contributed by atoms with Crippen molar-refractivity contribution >= 4 is 35.1 Å². The SMILES string of the molecule is COc1cccc2c1C(=O)c1c(O)c3c(c(O)c1C2=O)C[C@@](O)(C(=O)COC(=O)CN)C[C@@H]3O[C@H]1C[C@H](N2C(=O)CCCC2=O)[C@H](O)[C@H](C)O1. The number of carbonyl (C=O) groups is 6. The number of phenolic OH excluding ortho intramolecular Hbond substituents is 2. The van der Waals surface area contributed by atoms with Gasteiger partial charge in [0, 0.05) is 48.8 Å². The number of aromatic hydroxyl groups is 2. The van der Waals surface area contributed by atoms with Crippen LogP contribution in [0.1, 0.15) is 88.1 Å². The van der Waals surface area contributed by atoms with Crippen LogP contribution in [0.4, 0.5) is 0 Å². The van der Waals surface area contributed by atoms with E-state index in [4.69, 9.17) is 24.7 Å². The summed E-state index contributed by atoms with van der Waals surface area (Å²) in [6, 6.07) is 3.19. The molecule has 2 aromatic rings. The molecule has 6 rings (SSSR count). The first-order valence-electron chi connectivity index (χ1n) is 16.0. The number of nitrogens with zero attached hydrogens (tertiary/aromatic N) is 1. The Morgan fingerprint density at radius 2 is 1.72 bits per heavy atom. The molecule has 0 unspecified atom stereocenters. The van der Waals surface area contributed by atoms with Crippen LogP contribution in [0, 0.1) is 0 Å². The smallest absolute Gasteiger partial charge is 0.320 e. The summed E-state index contributed by atoms with van der Waals surface area (Å²) in [5.41, 5.74) is 0.922. The van der Waals surface area contributed by atoms with E-state index in [0.717, 1.165) is 4.90 Å². The van der Waals surface area contributed by atoms with Crippen molar-refractivity contribution in [1.29, 1.82) is 0 Å². The van der Waals surface area contributed by atoms with Crippen LogP contribution in [0.15, 0.2) is 18.2 Å². The number of ether oxygens (including phenoxy) is 4. The zero-order valence-electron chi connectivity index (χ0n) is 27.2. The number of likely N-dealkylation sites (tertiary alicyclic amines) is 1. The fourth-order valence-corrected chi connectivity index (χ4v) is 7.28. The Labute approximate surface area is 284 Å². The van der Waals surface area contributed by atoms with Gasteiger partial charge in [-0.2, -0.15) is 0 Å². The second-order valence-corrected chi connectivity index (χ2v) is 12.8. The molecular formula is C34H36N2O14. The van der Waals surface area contributed by atoms with Gasteiger partial charge in [-0.05, 0) is 19.4 Å². The molecule has 2 aromatic carbocycles. The molecular weight excluding hydrogens is 660 g/mol. The van der Waals surface area contributed by atoms with Crippen LogP contribution in [0.2, 0.25) is 0 Å². The number of nitrogens with two attached hydrogens (primary N) is 1. The first-order chi connectivity index (χ1) is 23.7. The lowest BCUT2D eigenvalue weighted by Gasteiger charge is -2.45. The van der Waals surface area contributed by atoms with E-state index in [1.54, 1.807) is 0 Å². The summed E-state index contributed by atoms with van der Waals surface area (Å²) in [4.78, 5) is 79.4. The molecule has 16 nitrogen and oxygen atoms in total. The number of fused-ring (bicyclic) bond motifs is 3. The number of imide groups is 1. The molecule has 2 aliphatic carbocycles. The van der Waals surface area contributed by atoms with Crippen LogP contribution in [0.25, 0.3) is 0 Å². The van der Waals surface area contributed by atoms with Crippen LogP contribution in [-0.4, -0.2) is 111 Å². The van der Waals surface area contributed by atoms with Crippen molar-refractivity contribution in [2.45, 2.75) is 81.7 Å². The summed E-state index contributed by atoms with van der Waals surface area (Å²) in [7, 11) is 1.29. The zero-order valence-corrected chi connectivity index (χ0v) is 27.2. The number of aliphatic hydroxyl groups excluding tert-OH is 1. The average molecular weight is 697 g/mol. The number of aliphatic hydroxyl groups is 2. The number of carbonyl (C=O) groups excluding carboxylic acids is 6. The predicted molar refractivity (Wildman–Crippen MR) is 166 cm³/mol. The maximum atomic E-state index is 13.9. The highest BCUT2D eigenvalue weighted by Crippen LogP contribution is 2.52. The lowest BCUT2D eigenvalue weighted by molar-refractivity contribution is -0.257. The van der Waals surface area contributed by atoms with Gasteiger partial charge in [0.05, 0.1) is 48.6 Å². The van der Waals surface area contributed by atoms with Gasteiger partial charge in [0.15, 0.2) is 18.7 Å². The Balaban J connectivity index is 1.45. The molecule has 0 saturated carbocycles. The number of Topliss-reactive ketones (excluding diaryl/α,β-unsaturated/α-hetero) is 1. The van der Waals surface area contributed by atoms with E-state index < -0.39 is 120 Å². The minimum atomic E-state index is -2.43. The van der Waals surface area contributed by atoms with Gasteiger partial charge in [0.1, 0.15) is 29.0 Å². The Morgan fingerprint density at radius 1 is 1.04 bits per heavy atom. The third kappa shape index (κ3) is 5.72. The second-order valence-electron chi connectivity index (χ2n) is 12.8. The second kappa shape index (κ2) is 13.2. The fraction of sp³-hybridized carbons (Fsp3) is 0.471. The van der Waals surface area contributed by atoms with Crippen LogP contribution < -0.4 is 10.5 Å². The molecule has 2 amide bonds. The van der Waals surface area contributed by atoms with Crippen molar-refractivity contribution in [2.24, 2.45) is 5.73 Å². The van der Waals surface area contributed by atoms with Crippen LogP contribution in [-0.2, 0) is 39.8 Å². The molecule has 6 N–H and O–H groups in total. The van der Waals surface area contributed by atoms with Crippen molar-refractivity contribution in [3.05, 3.63) is 51.6 Å². The third-order valence-corrected chi connectivity index (χ3v) is 9.77. The van der Waals surface area contributed by atoms with E-state index >= 15 is 0 Å². The molecule has 2 fully saturated rings. The standard InChI is InChI=1S/C34H36N2O14/c1-14-29(41)17(36-21(38)7-4-8-22(36)39)9-24(49-14)50-19-11-34(46,20(37)13-48-23(40)12-35)10-16-26(19)33(45)28-27(31(16)43)30(42)15-5-3-6-18(47-2)25(15)32(28)44/h3,5-6,14,17,19,24,29,41,43,45-46H,4,7-13,35H2,1-2H3/t14-,17-,19-,24-,29+,34-/m0/s1. The van der Waals surface area contributed by atoms with E-state index in [-0.39, 0.29) is 47.3 Å². The number of benzene rings is 2. The van der Waals surface area contributed by atoms with Gasteiger partial charge in [-0.1, -0.05) is 12.1 Å². The van der Waals surface area contributed by atoms with Crippen LogP contribution in [0.3, 0.4) is 0 Å². The number of ketones is 3. The summed E-state index contributed by atoms with van der Waals surface area (Å²) in [6.07, 6.45) is -6.19. The topological polar surface area (TPSA) is 250 Å². The van der Waals surface area contributed by atoms with Gasteiger partial charge in [-0.25, -0.2) is 0 Å². The molecule has 6 atom stereocenters. The summed E-state index contributed by atoms with van der Waals surface area (Å²) in [5.74, 6) is -6.14. The van der Waals surface area contributed by atoms with E-state index in [9.17, 15) is 49.2 Å². The molecule has 2 heterocycles. The van der Waals surface area contributed by atoms with Gasteiger partial charge in [-0.15, -0.1) is 0 Å². The molecule has 0 aromatic heterocycles. The Hall–Kier alpha value is -4.74. The third-order valence-electron chi connectivity index (χ3n) is 9.77. The first kappa shape index (κ1) is 35.1. The first-order valence-corrected chi connectivity index (χ1v) is 16.0. The number of methoxy groups -OCH3 is 1. The number of amides is 2. The number of hydrogen-bond acceptors (Lipinski definition) is 15. The minimum absolute atomic E-state index is 0.0407. The highest BCUT2D eigenvalue weighted by atomic mass is 16.7. The molecule has 266 valence electrons. The van der Waals surface area contributed by atoms with E-state index in [2.05, 4.69) is 0 Å². The molecule has 0 radical (unpaired) electrons. The lowest BCUT2D eigenvalue weighted by atomic mass is 9.72. The zero-order chi connectivity index (χ0) is 36.2. The monoisotopic (exact) mass is 696 g/mol. The summed E-state index contributed by atoms with van der Waals surface area (Å²) < 4.78 is 22.3. The number of hydrogen-bond donors (Lipinski definition) is 5. The highest BCUT2D eigenvalue weighted by Gasteiger charge is 2.51. The highest BCUT2D eigenvalue weighted by molar-refractivity contribution is 6.31. The number of rotatable bonds is 8. The number of phenols is 2. The maximum Gasteiger partial charge on any atom is 0.320 e. The normalized spacial score (nSPS) is 27.7. The molecule has 50 heavy (non-hydrogen) atoms. The Bertz CT molecular complexity index is 1810. The van der Waals surface area contributed by atoms with E-state index in [0.29, 0.717) is 6.42 Å². The van der Waals surface area contributed by atoms with Crippen molar-refractivity contribution in [1.82, 2.24) is 4.90 Å². The quantitative estimate of drug-likeness (QED) is 0.119. The number of piperidine rings is 1. The molecule has 0 bridgehead atoms. The Kier molecular flexibility index (Phi) is 9.26. The minimum Gasteiger partial charge on any atom is -0.507 e. The van der Waals surface area contributed by atoms with Crippen LogP contribution >= 0.6 is 0 Å². The average Bonchev–Trinajstić information content (AvgIpc) is 3.08. The summed E-state index contributed by atoms with van der Waals surface area (Å²) in [6.45, 7) is 0.0261.